The lowest BCUT2D eigenvalue weighted by atomic mass is 9.78. The third-order valence-corrected chi connectivity index (χ3v) is 14.0. The molecule has 0 radical (unpaired) electrons. The quantitative estimate of drug-likeness (QED) is 0.174. The van der Waals surface area contributed by atoms with Gasteiger partial charge in [-0.15, -0.1) is 0 Å². The molecule has 3 aromatic heterocycles. The normalized spacial score (nSPS) is 13.0. The van der Waals surface area contributed by atoms with Gasteiger partial charge in [-0.2, -0.15) is 0 Å². The van der Waals surface area contributed by atoms with Gasteiger partial charge in [-0.25, -0.2) is 9.97 Å². The minimum Gasteiger partial charge on any atom is -0.378 e. The van der Waals surface area contributed by atoms with Crippen LogP contribution in [-0.2, 0) is 21.7 Å². The molecule has 8 bridgehead atoms. The third-order valence-electron chi connectivity index (χ3n) is 14.0. The van der Waals surface area contributed by atoms with E-state index in [1.165, 1.54) is 22.3 Å². The van der Waals surface area contributed by atoms with E-state index in [2.05, 4.69) is 265 Å². The highest BCUT2D eigenvalue weighted by Gasteiger charge is 2.26. The summed E-state index contributed by atoms with van der Waals surface area (Å²) in [7, 11) is 8.34. The maximum atomic E-state index is 5.68. The number of H-pyrrole nitrogens is 2. The monoisotopic (exact) mass is 925 g/mol. The first-order chi connectivity index (χ1) is 32.8. The molecule has 6 nitrogen and oxygen atoms in total. The maximum absolute atomic E-state index is 5.68. The number of aromatic nitrogens is 4. The average molecular weight is 925 g/mol. The van der Waals surface area contributed by atoms with E-state index in [1.54, 1.807) is 0 Å². The Kier molecular flexibility index (Phi) is 12.0. The van der Waals surface area contributed by atoms with Gasteiger partial charge in [0.15, 0.2) is 0 Å². The Balaban J connectivity index is 1.49. The second-order valence-corrected chi connectivity index (χ2v) is 24.0. The zero-order valence-electron chi connectivity index (χ0n) is 44.5. The summed E-state index contributed by atoms with van der Waals surface area (Å²) in [6.07, 6.45) is 8.82. The Morgan fingerprint density at radius 1 is 0.314 bits per heavy atom. The first-order valence-corrected chi connectivity index (χ1v) is 24.9. The first kappa shape index (κ1) is 48.1. The van der Waals surface area contributed by atoms with Gasteiger partial charge in [0.25, 0.3) is 0 Å². The van der Waals surface area contributed by atoms with Crippen LogP contribution in [-0.4, -0.2) is 48.1 Å². The van der Waals surface area contributed by atoms with Crippen molar-refractivity contribution in [3.05, 3.63) is 154 Å². The zero-order chi connectivity index (χ0) is 50.2. The lowest BCUT2D eigenvalue weighted by Crippen LogP contribution is -2.16. The first-order valence-electron chi connectivity index (χ1n) is 24.9. The van der Waals surface area contributed by atoms with E-state index in [4.69, 9.17) is 9.97 Å². The molecule has 7 aromatic rings. The molecule has 4 aromatic carbocycles. The van der Waals surface area contributed by atoms with Crippen molar-refractivity contribution in [3.63, 3.8) is 0 Å². The molecular weight excluding hydrogens is 853 g/mol. The van der Waals surface area contributed by atoms with Crippen LogP contribution in [0.3, 0.4) is 0 Å². The molecule has 0 unspecified atom stereocenters. The molecule has 358 valence electrons. The van der Waals surface area contributed by atoms with Crippen LogP contribution < -0.4 is 9.80 Å². The van der Waals surface area contributed by atoms with E-state index >= 15 is 0 Å². The van der Waals surface area contributed by atoms with Crippen LogP contribution in [0.2, 0.25) is 0 Å². The van der Waals surface area contributed by atoms with Crippen LogP contribution in [0.15, 0.2) is 109 Å². The Labute approximate surface area is 417 Å². The molecule has 5 heterocycles. The lowest BCUT2D eigenvalue weighted by molar-refractivity contribution is 0.568. The predicted molar refractivity (Wildman–Crippen MR) is 304 cm³/mol. The fourth-order valence-corrected chi connectivity index (χ4v) is 9.55. The van der Waals surface area contributed by atoms with Gasteiger partial charge < -0.3 is 19.8 Å². The smallest absolute Gasteiger partial charge is 0.0737 e. The Morgan fingerprint density at radius 3 is 0.786 bits per heavy atom. The van der Waals surface area contributed by atoms with Crippen molar-refractivity contribution in [2.24, 2.45) is 0 Å². The molecule has 0 fully saturated rings. The van der Waals surface area contributed by atoms with Gasteiger partial charge in [0.05, 0.1) is 22.8 Å². The minimum absolute atomic E-state index is 0.0789. The Bertz CT molecular complexity index is 3080. The SMILES string of the molecule is CN(C)c1ccc(-c2c3nc(c(-c4cc(C(C)(C)C)cc(C(C)(C)C)c4)c4ccc([nH]4)c(-c4ccc(N(C)C)cc4)c4nc(c(-c5cc(C(C)(C)C)cc(C(C)(C)C)c5)c5ccc2[nH]5)C=C4)C=C3)cc1. The molecule has 0 atom stereocenters. The van der Waals surface area contributed by atoms with E-state index in [9.17, 15) is 0 Å². The van der Waals surface area contributed by atoms with Crippen molar-refractivity contribution in [3.8, 4) is 44.5 Å². The van der Waals surface area contributed by atoms with E-state index in [-0.39, 0.29) is 21.7 Å². The summed E-state index contributed by atoms with van der Waals surface area (Å²) in [4.78, 5) is 23.7. The lowest BCUT2D eigenvalue weighted by Gasteiger charge is -2.26. The number of aromatic amines is 2. The molecule has 9 rings (SSSR count). The molecular formula is C64H72N6. The van der Waals surface area contributed by atoms with Crippen LogP contribution in [0.5, 0.6) is 0 Å². The van der Waals surface area contributed by atoms with Crippen LogP contribution >= 0.6 is 0 Å². The molecule has 0 saturated carbocycles. The van der Waals surface area contributed by atoms with Crippen LogP contribution in [0, 0.1) is 0 Å². The molecule has 6 heteroatoms. The molecule has 2 N–H and O–H groups in total. The van der Waals surface area contributed by atoms with Crippen molar-refractivity contribution >= 4 is 57.7 Å². The van der Waals surface area contributed by atoms with Gasteiger partial charge in [0.1, 0.15) is 0 Å². The van der Waals surface area contributed by atoms with Gasteiger partial charge in [-0.05, 0) is 139 Å². The van der Waals surface area contributed by atoms with Crippen LogP contribution in [0.25, 0.3) is 90.9 Å². The molecule has 0 amide bonds. The van der Waals surface area contributed by atoms with Gasteiger partial charge in [-0.1, -0.05) is 144 Å². The minimum atomic E-state index is -0.0789. The zero-order valence-corrected chi connectivity index (χ0v) is 44.5. The third kappa shape index (κ3) is 9.41. The van der Waals surface area contributed by atoms with Crippen molar-refractivity contribution < 1.29 is 0 Å². The van der Waals surface area contributed by atoms with Crippen LogP contribution in [0.4, 0.5) is 11.4 Å². The highest BCUT2D eigenvalue weighted by molar-refractivity contribution is 6.00. The van der Waals surface area contributed by atoms with E-state index < -0.39 is 0 Å². The molecule has 70 heavy (non-hydrogen) atoms. The van der Waals surface area contributed by atoms with E-state index in [0.29, 0.717) is 0 Å². The Hall–Kier alpha value is -6.92. The van der Waals surface area contributed by atoms with Gasteiger partial charge in [0.2, 0.25) is 0 Å². The largest absolute Gasteiger partial charge is 0.378 e. The molecule has 0 saturated heterocycles. The topological polar surface area (TPSA) is 63.8 Å². The number of benzene rings is 4. The highest BCUT2D eigenvalue weighted by Crippen LogP contribution is 2.42. The second kappa shape index (κ2) is 17.5. The van der Waals surface area contributed by atoms with E-state index in [1.807, 2.05) is 0 Å². The average Bonchev–Trinajstić information content (AvgIpc) is 4.14. The van der Waals surface area contributed by atoms with Crippen molar-refractivity contribution in [2.45, 2.75) is 105 Å². The number of anilines is 2. The number of fused-ring (bicyclic) bond motifs is 8. The predicted octanol–water partition coefficient (Wildman–Crippen LogP) is 16.6. The van der Waals surface area contributed by atoms with Gasteiger partial charge in [0, 0.05) is 83.9 Å². The molecule has 0 aliphatic carbocycles. The fraction of sp³-hybridized carbons (Fsp3) is 0.312. The second-order valence-electron chi connectivity index (χ2n) is 24.0. The fourth-order valence-electron chi connectivity index (χ4n) is 9.55. The number of nitrogens with zero attached hydrogens (tertiary/aromatic N) is 4. The Morgan fingerprint density at radius 2 is 0.557 bits per heavy atom. The highest BCUT2D eigenvalue weighted by atomic mass is 15.1. The van der Waals surface area contributed by atoms with Crippen molar-refractivity contribution in [1.82, 2.24) is 19.9 Å². The number of nitrogens with one attached hydrogen (secondary N) is 2. The summed E-state index contributed by atoms with van der Waals surface area (Å²) in [5, 5.41) is 0. The van der Waals surface area contributed by atoms with Crippen molar-refractivity contribution in [2.75, 3.05) is 38.0 Å². The van der Waals surface area contributed by atoms with E-state index in [0.717, 1.165) is 101 Å². The van der Waals surface area contributed by atoms with Crippen molar-refractivity contribution in [1.29, 1.82) is 0 Å². The summed E-state index contributed by atoms with van der Waals surface area (Å²) >= 11 is 0. The van der Waals surface area contributed by atoms with Gasteiger partial charge >= 0.3 is 0 Å². The number of hydrogen-bond acceptors (Lipinski definition) is 4. The molecule has 2 aliphatic rings. The van der Waals surface area contributed by atoms with Crippen LogP contribution in [0.1, 0.15) is 128 Å². The number of hydrogen-bond donors (Lipinski definition) is 2. The standard InChI is InChI=1S/C64H72N6/c1-61(2,3)43-33-41(34-44(37-43)62(4,5)6)59-53-29-25-49(65-53)57(39-17-21-47(22-18-39)69(13)14)51-27-31-55(67-51)60(42-35-45(63(7,8)9)38-46(36-42)64(10,11)12)56-32-28-52(68-56)58(50-26-30-54(59)66-50)40-19-23-48(24-20-40)70(15)16/h17-38,65,68H,1-16H3. The summed E-state index contributed by atoms with van der Waals surface area (Å²) in [5.74, 6) is 0. The summed E-state index contributed by atoms with van der Waals surface area (Å²) in [6.45, 7) is 27.7. The summed E-state index contributed by atoms with van der Waals surface area (Å²) in [5.41, 5.74) is 23.3. The summed E-state index contributed by atoms with van der Waals surface area (Å²) < 4.78 is 0. The number of rotatable bonds is 6. The maximum Gasteiger partial charge on any atom is 0.0737 e. The van der Waals surface area contributed by atoms with Gasteiger partial charge in [-0.3, -0.25) is 0 Å². The summed E-state index contributed by atoms with van der Waals surface area (Å²) in [6, 6.07) is 40.9. The molecule has 2 aliphatic heterocycles. The molecule has 0 spiro atoms.